The molecule has 0 saturated carbocycles. The van der Waals surface area contributed by atoms with Crippen molar-refractivity contribution in [2.75, 3.05) is 38.2 Å². The van der Waals surface area contributed by atoms with Crippen molar-refractivity contribution >= 4 is 23.3 Å². The molecule has 0 aliphatic carbocycles. The van der Waals surface area contributed by atoms with Crippen LogP contribution >= 0.6 is 11.6 Å². The lowest BCUT2D eigenvalue weighted by Crippen LogP contribution is -2.42. The fourth-order valence-electron chi connectivity index (χ4n) is 2.34. The number of morpholine rings is 1. The number of rotatable bonds is 5. The van der Waals surface area contributed by atoms with Crippen molar-refractivity contribution in [2.24, 2.45) is 0 Å². The highest BCUT2D eigenvalue weighted by molar-refractivity contribution is 6.34. The van der Waals surface area contributed by atoms with Crippen molar-refractivity contribution in [3.8, 4) is 0 Å². The number of benzene rings is 1. The second kappa shape index (κ2) is 6.92. The van der Waals surface area contributed by atoms with Crippen LogP contribution in [0.4, 0.5) is 5.69 Å². The van der Waals surface area contributed by atoms with Crippen LogP contribution in [0.5, 0.6) is 0 Å². The highest BCUT2D eigenvalue weighted by atomic mass is 35.5. The standard InChI is InChI=1S/C14H19ClN2O3/c1-10(9-17-5-7-20-8-6-17)16-12-4-2-3-11(15)13(12)14(18)19/h2-4,10,16H,5-9H2,1H3,(H,18,19). The third kappa shape index (κ3) is 3.85. The van der Waals surface area contributed by atoms with Crippen molar-refractivity contribution in [3.63, 3.8) is 0 Å². The van der Waals surface area contributed by atoms with Crippen molar-refractivity contribution < 1.29 is 14.6 Å². The number of hydrogen-bond acceptors (Lipinski definition) is 4. The maximum atomic E-state index is 11.3. The summed E-state index contributed by atoms with van der Waals surface area (Å²) >= 11 is 5.95. The smallest absolute Gasteiger partial charge is 0.339 e. The summed E-state index contributed by atoms with van der Waals surface area (Å²) in [4.78, 5) is 13.6. The van der Waals surface area contributed by atoms with Gasteiger partial charge in [-0.2, -0.15) is 0 Å². The van der Waals surface area contributed by atoms with Gasteiger partial charge in [-0.05, 0) is 19.1 Å². The molecule has 20 heavy (non-hydrogen) atoms. The van der Waals surface area contributed by atoms with Crippen LogP contribution in [0, 0.1) is 0 Å². The Morgan fingerprint density at radius 1 is 1.50 bits per heavy atom. The maximum absolute atomic E-state index is 11.3. The molecule has 2 N–H and O–H groups in total. The molecule has 110 valence electrons. The van der Waals surface area contributed by atoms with E-state index in [0.717, 1.165) is 32.8 Å². The normalized spacial score (nSPS) is 17.7. The Morgan fingerprint density at radius 3 is 2.85 bits per heavy atom. The molecule has 1 saturated heterocycles. The van der Waals surface area contributed by atoms with E-state index in [2.05, 4.69) is 10.2 Å². The van der Waals surface area contributed by atoms with Crippen molar-refractivity contribution in [1.82, 2.24) is 4.90 Å². The van der Waals surface area contributed by atoms with Crippen molar-refractivity contribution in [3.05, 3.63) is 28.8 Å². The number of anilines is 1. The average Bonchev–Trinajstić information content (AvgIpc) is 2.39. The topological polar surface area (TPSA) is 61.8 Å². The summed E-state index contributed by atoms with van der Waals surface area (Å²) in [6.07, 6.45) is 0. The van der Waals surface area contributed by atoms with E-state index in [-0.39, 0.29) is 16.6 Å². The van der Waals surface area contributed by atoms with Crippen molar-refractivity contribution in [2.45, 2.75) is 13.0 Å². The molecular weight excluding hydrogens is 280 g/mol. The second-order valence-corrected chi connectivity index (χ2v) is 5.33. The average molecular weight is 299 g/mol. The summed E-state index contributed by atoms with van der Waals surface area (Å²) in [7, 11) is 0. The lowest BCUT2D eigenvalue weighted by Gasteiger charge is -2.30. The Kier molecular flexibility index (Phi) is 5.23. The fraction of sp³-hybridized carbons (Fsp3) is 0.500. The molecule has 1 aliphatic heterocycles. The predicted octanol–water partition coefficient (Wildman–Crippen LogP) is 2.17. The minimum Gasteiger partial charge on any atom is -0.478 e. The van der Waals surface area contributed by atoms with Gasteiger partial charge in [0.2, 0.25) is 0 Å². The van der Waals surface area contributed by atoms with Gasteiger partial charge in [0.25, 0.3) is 0 Å². The number of carbonyl (C=O) groups is 1. The molecule has 6 heteroatoms. The van der Waals surface area contributed by atoms with E-state index in [1.807, 2.05) is 6.92 Å². The zero-order valence-electron chi connectivity index (χ0n) is 11.4. The van der Waals surface area contributed by atoms with Gasteiger partial charge in [-0.25, -0.2) is 4.79 Å². The summed E-state index contributed by atoms with van der Waals surface area (Å²) < 4.78 is 5.31. The third-order valence-corrected chi connectivity index (χ3v) is 3.58. The van der Waals surface area contributed by atoms with Gasteiger partial charge in [0.05, 0.1) is 23.9 Å². The molecule has 1 fully saturated rings. The van der Waals surface area contributed by atoms with Crippen LogP contribution < -0.4 is 5.32 Å². The SMILES string of the molecule is CC(CN1CCOCC1)Nc1cccc(Cl)c1C(=O)O. The van der Waals surface area contributed by atoms with E-state index in [1.54, 1.807) is 18.2 Å². The number of nitrogens with zero attached hydrogens (tertiary/aromatic N) is 1. The van der Waals surface area contributed by atoms with Gasteiger partial charge >= 0.3 is 5.97 Å². The lowest BCUT2D eigenvalue weighted by molar-refractivity contribution is 0.0368. The zero-order valence-corrected chi connectivity index (χ0v) is 12.2. The minimum absolute atomic E-state index is 0.128. The summed E-state index contributed by atoms with van der Waals surface area (Å²) in [6.45, 7) is 6.20. The molecule has 1 aliphatic rings. The highest BCUT2D eigenvalue weighted by Gasteiger charge is 2.18. The van der Waals surface area contributed by atoms with Crippen LogP contribution in [0.1, 0.15) is 17.3 Å². The molecule has 1 aromatic carbocycles. The largest absolute Gasteiger partial charge is 0.478 e. The van der Waals surface area contributed by atoms with E-state index >= 15 is 0 Å². The van der Waals surface area contributed by atoms with Crippen LogP contribution in [0.15, 0.2) is 18.2 Å². The molecule has 1 heterocycles. The number of carboxylic acid groups (broad SMARTS) is 1. The number of ether oxygens (including phenoxy) is 1. The zero-order chi connectivity index (χ0) is 14.5. The number of nitrogens with one attached hydrogen (secondary N) is 1. The fourth-order valence-corrected chi connectivity index (χ4v) is 2.60. The molecule has 0 aromatic heterocycles. The van der Waals surface area contributed by atoms with Crippen molar-refractivity contribution in [1.29, 1.82) is 0 Å². The summed E-state index contributed by atoms with van der Waals surface area (Å²) in [5.41, 5.74) is 0.689. The first-order valence-corrected chi connectivity index (χ1v) is 7.04. The van der Waals surface area contributed by atoms with Gasteiger partial charge in [-0.3, -0.25) is 4.90 Å². The first-order chi connectivity index (χ1) is 9.58. The Balaban J connectivity index is 2.01. The van der Waals surface area contributed by atoms with Crippen LogP contribution in [0.25, 0.3) is 0 Å². The predicted molar refractivity (Wildman–Crippen MR) is 78.8 cm³/mol. The maximum Gasteiger partial charge on any atom is 0.339 e. The Hall–Kier alpha value is -1.30. The molecule has 1 aromatic rings. The van der Waals surface area contributed by atoms with E-state index in [4.69, 9.17) is 16.3 Å². The first kappa shape index (κ1) is 15.1. The summed E-state index contributed by atoms with van der Waals surface area (Å²) in [6, 6.07) is 5.21. The van der Waals surface area contributed by atoms with E-state index in [0.29, 0.717) is 5.69 Å². The first-order valence-electron chi connectivity index (χ1n) is 6.66. The molecule has 0 radical (unpaired) electrons. The molecule has 1 unspecified atom stereocenters. The summed E-state index contributed by atoms with van der Waals surface area (Å²) in [5, 5.41) is 12.7. The van der Waals surface area contributed by atoms with Gasteiger partial charge in [0.1, 0.15) is 5.56 Å². The Labute approximate surface area is 123 Å². The monoisotopic (exact) mass is 298 g/mol. The van der Waals surface area contributed by atoms with E-state index < -0.39 is 5.97 Å². The van der Waals surface area contributed by atoms with E-state index in [1.165, 1.54) is 0 Å². The quantitative estimate of drug-likeness (QED) is 0.872. The Bertz CT molecular complexity index is 475. The number of aromatic carboxylic acids is 1. The minimum atomic E-state index is -1.02. The van der Waals surface area contributed by atoms with Gasteiger partial charge in [-0.15, -0.1) is 0 Å². The highest BCUT2D eigenvalue weighted by Crippen LogP contribution is 2.25. The number of carboxylic acids is 1. The van der Waals surface area contributed by atoms with Crippen LogP contribution in [-0.4, -0.2) is 54.9 Å². The lowest BCUT2D eigenvalue weighted by atomic mass is 10.1. The van der Waals surface area contributed by atoms with Gasteiger partial charge in [0, 0.05) is 25.7 Å². The molecule has 0 amide bonds. The Morgan fingerprint density at radius 2 is 2.20 bits per heavy atom. The van der Waals surface area contributed by atoms with Crippen LogP contribution in [0.3, 0.4) is 0 Å². The van der Waals surface area contributed by atoms with Crippen LogP contribution in [-0.2, 0) is 4.74 Å². The molecule has 5 nitrogen and oxygen atoms in total. The summed E-state index contributed by atoms with van der Waals surface area (Å²) in [5.74, 6) is -1.02. The van der Waals surface area contributed by atoms with Gasteiger partial charge < -0.3 is 15.2 Å². The molecule has 0 spiro atoms. The van der Waals surface area contributed by atoms with Gasteiger partial charge in [0.15, 0.2) is 0 Å². The molecule has 1 atom stereocenters. The van der Waals surface area contributed by atoms with Crippen LogP contribution in [0.2, 0.25) is 5.02 Å². The molecule has 0 bridgehead atoms. The molecular formula is C14H19ClN2O3. The third-order valence-electron chi connectivity index (χ3n) is 3.27. The number of hydrogen-bond donors (Lipinski definition) is 2. The van der Waals surface area contributed by atoms with E-state index in [9.17, 15) is 9.90 Å². The molecule has 2 rings (SSSR count). The number of halogens is 1. The second-order valence-electron chi connectivity index (χ2n) is 4.93. The van der Waals surface area contributed by atoms with Gasteiger partial charge in [-0.1, -0.05) is 17.7 Å².